The van der Waals surface area contributed by atoms with Gasteiger partial charge in [-0.15, -0.1) is 0 Å². The molecule has 0 aliphatic heterocycles. The van der Waals surface area contributed by atoms with Gasteiger partial charge >= 0.3 is 22.5 Å². The van der Waals surface area contributed by atoms with Gasteiger partial charge in [-0.3, -0.25) is 0 Å². The second-order valence-corrected chi connectivity index (χ2v) is 3.55. The first-order valence-electron chi connectivity index (χ1n) is 4.58. The molecule has 2 N–H and O–H groups in total. The topological polar surface area (TPSA) is 135 Å². The van der Waals surface area contributed by atoms with Gasteiger partial charge in [-0.05, 0) is 0 Å². The number of phenolic OH excluding ortho intramolecular Hbond substituents is 2. The second-order valence-electron chi connectivity index (χ2n) is 3.55. The maximum Gasteiger partial charge on any atom is 0.350 e. The van der Waals surface area contributed by atoms with Gasteiger partial charge < -0.3 is 19.0 Å². The molecule has 0 atom stereocenters. The van der Waals surface area contributed by atoms with Crippen molar-refractivity contribution in [3.8, 4) is 11.5 Å². The van der Waals surface area contributed by atoms with Crippen molar-refractivity contribution in [3.63, 3.8) is 0 Å². The predicted molar refractivity (Wildman–Crippen MR) is 56.8 cm³/mol. The number of hydrogen-bond donors (Lipinski definition) is 2. The summed E-state index contributed by atoms with van der Waals surface area (Å²) in [7, 11) is 0. The number of benzene rings is 1. The van der Waals surface area contributed by atoms with Crippen LogP contribution in [0.4, 0.5) is 0 Å². The monoisotopic (exact) mass is 250 g/mol. The summed E-state index contributed by atoms with van der Waals surface area (Å²) in [5.41, 5.74) is -4.84. The van der Waals surface area contributed by atoms with E-state index in [1.54, 1.807) is 0 Å². The molecule has 0 amide bonds. The van der Waals surface area contributed by atoms with E-state index in [0.29, 0.717) is 0 Å². The quantitative estimate of drug-likeness (QED) is 0.480. The summed E-state index contributed by atoms with van der Waals surface area (Å²) in [5, 5.41) is 16.8. The van der Waals surface area contributed by atoms with E-state index in [-0.39, 0.29) is 0 Å². The summed E-state index contributed by atoms with van der Waals surface area (Å²) in [5.74, 6) is -1.82. The minimum atomic E-state index is -1.21. The number of aromatic hydroxyl groups is 2. The van der Waals surface area contributed by atoms with E-state index in [2.05, 4.69) is 8.83 Å². The number of fused-ring (bicyclic) bond motifs is 2. The number of phenols is 2. The molecular weight excluding hydrogens is 248 g/mol. The minimum Gasteiger partial charge on any atom is -0.506 e. The maximum absolute atomic E-state index is 11.3. The highest BCUT2D eigenvalue weighted by Gasteiger charge is 2.27. The Morgan fingerprint density at radius 2 is 0.778 bits per heavy atom. The van der Waals surface area contributed by atoms with E-state index in [0.717, 1.165) is 0 Å². The van der Waals surface area contributed by atoms with E-state index in [1.807, 2.05) is 0 Å². The van der Waals surface area contributed by atoms with E-state index >= 15 is 0 Å². The fourth-order valence-electron chi connectivity index (χ4n) is 1.89. The summed E-state index contributed by atoms with van der Waals surface area (Å²) >= 11 is 0. The molecule has 3 aromatic rings. The molecule has 2 aromatic heterocycles. The lowest BCUT2D eigenvalue weighted by Crippen LogP contribution is -1.96. The minimum absolute atomic E-state index is 0.650. The largest absolute Gasteiger partial charge is 0.506 e. The van der Waals surface area contributed by atoms with Crippen molar-refractivity contribution >= 4 is 21.5 Å². The molecule has 0 bridgehead atoms. The molecule has 90 valence electrons. The number of rotatable bonds is 0. The van der Waals surface area contributed by atoms with Crippen molar-refractivity contribution < 1.29 is 19.0 Å². The normalized spacial score (nSPS) is 11.6. The van der Waals surface area contributed by atoms with Gasteiger partial charge in [0.1, 0.15) is 33.0 Å². The van der Waals surface area contributed by atoms with Crippen LogP contribution in [0.3, 0.4) is 0 Å². The van der Waals surface area contributed by atoms with Crippen LogP contribution >= 0.6 is 0 Å². The van der Waals surface area contributed by atoms with Gasteiger partial charge in [-0.1, -0.05) is 0 Å². The van der Waals surface area contributed by atoms with Crippen LogP contribution in [0.25, 0.3) is 21.5 Å². The highest BCUT2D eigenvalue weighted by atomic mass is 16.4. The lowest BCUT2D eigenvalue weighted by Gasteiger charge is -1.96. The van der Waals surface area contributed by atoms with Gasteiger partial charge in [0.05, 0.1) is 0 Å². The van der Waals surface area contributed by atoms with Crippen molar-refractivity contribution in [2.45, 2.75) is 0 Å². The Morgan fingerprint density at radius 1 is 0.556 bits per heavy atom. The van der Waals surface area contributed by atoms with E-state index < -0.39 is 55.5 Å². The van der Waals surface area contributed by atoms with Crippen LogP contribution in [0.5, 0.6) is 11.5 Å². The SMILES string of the molecule is O=c1oc(=O)c2c(O)c3c(=O)oc(=O)c3c(O)c12. The fourth-order valence-corrected chi connectivity index (χ4v) is 1.89. The van der Waals surface area contributed by atoms with Crippen molar-refractivity contribution in [3.05, 3.63) is 41.7 Å². The van der Waals surface area contributed by atoms with Crippen molar-refractivity contribution in [1.29, 1.82) is 0 Å². The van der Waals surface area contributed by atoms with Gasteiger partial charge in [-0.2, -0.15) is 0 Å². The predicted octanol–water partition coefficient (Wildman–Crippen LogP) is -1.09. The molecule has 1 aromatic carbocycles. The molecule has 0 unspecified atom stereocenters. The summed E-state index contributed by atoms with van der Waals surface area (Å²) < 4.78 is 8.36. The highest BCUT2D eigenvalue weighted by Crippen LogP contribution is 2.35. The lowest BCUT2D eigenvalue weighted by atomic mass is 10.1. The molecule has 0 radical (unpaired) electrons. The van der Waals surface area contributed by atoms with Crippen LogP contribution in [0.2, 0.25) is 0 Å². The molecule has 2 heterocycles. The highest BCUT2D eigenvalue weighted by molar-refractivity contribution is 6.09. The third-order valence-corrected chi connectivity index (χ3v) is 2.63. The zero-order valence-electron chi connectivity index (χ0n) is 8.34. The summed E-state index contributed by atoms with van der Waals surface area (Å²) in [6.07, 6.45) is 0. The third kappa shape index (κ3) is 0.943. The number of hydrogen-bond acceptors (Lipinski definition) is 8. The molecule has 0 saturated heterocycles. The van der Waals surface area contributed by atoms with Gasteiger partial charge in [-0.25, -0.2) is 19.2 Å². The first-order chi connectivity index (χ1) is 8.43. The van der Waals surface area contributed by atoms with Gasteiger partial charge in [0.15, 0.2) is 0 Å². The zero-order chi connectivity index (χ0) is 13.2. The average Bonchev–Trinajstić information content (AvgIpc) is 2.73. The van der Waals surface area contributed by atoms with Crippen LogP contribution in [0.1, 0.15) is 0 Å². The second kappa shape index (κ2) is 2.86. The Kier molecular flexibility index (Phi) is 1.63. The zero-order valence-corrected chi connectivity index (χ0v) is 8.34. The Bertz CT molecular complexity index is 850. The molecule has 3 rings (SSSR count). The Balaban J connectivity index is 2.94. The summed E-state index contributed by atoms with van der Waals surface area (Å²) in [4.78, 5) is 45.1. The molecule has 0 spiro atoms. The smallest absolute Gasteiger partial charge is 0.350 e. The average molecular weight is 250 g/mol. The lowest BCUT2D eigenvalue weighted by molar-refractivity contribution is 0.472. The molecule has 18 heavy (non-hydrogen) atoms. The van der Waals surface area contributed by atoms with Crippen LogP contribution in [-0.2, 0) is 0 Å². The Hall–Kier alpha value is -2.90. The standard InChI is InChI=1S/C10H2O8/c11-5-1-2(8(14)17-7(1)13)6(12)4-3(5)9(15)18-10(4)16/h11-12H. The van der Waals surface area contributed by atoms with Crippen molar-refractivity contribution in [2.24, 2.45) is 0 Å². The van der Waals surface area contributed by atoms with Gasteiger partial charge in [0.2, 0.25) is 0 Å². The first kappa shape index (κ1) is 10.3. The van der Waals surface area contributed by atoms with Crippen LogP contribution in [0.15, 0.2) is 28.0 Å². The summed E-state index contributed by atoms with van der Waals surface area (Å²) in [6, 6.07) is 0. The third-order valence-electron chi connectivity index (χ3n) is 2.63. The molecule has 0 aliphatic rings. The Morgan fingerprint density at radius 3 is 1.00 bits per heavy atom. The molecule has 0 aliphatic carbocycles. The van der Waals surface area contributed by atoms with Gasteiger partial charge in [0.25, 0.3) is 0 Å². The van der Waals surface area contributed by atoms with Gasteiger partial charge in [0, 0.05) is 0 Å². The van der Waals surface area contributed by atoms with E-state index in [4.69, 9.17) is 0 Å². The maximum atomic E-state index is 11.3. The van der Waals surface area contributed by atoms with Crippen molar-refractivity contribution in [1.82, 2.24) is 0 Å². The fraction of sp³-hybridized carbons (Fsp3) is 0. The van der Waals surface area contributed by atoms with E-state index in [9.17, 15) is 29.4 Å². The molecule has 8 nitrogen and oxygen atoms in total. The molecular formula is C10H2O8. The Labute approximate surface area is 94.6 Å². The molecule has 8 heteroatoms. The van der Waals surface area contributed by atoms with Crippen molar-refractivity contribution in [2.75, 3.05) is 0 Å². The number of furan rings is 2. The van der Waals surface area contributed by atoms with Crippen LogP contribution < -0.4 is 22.5 Å². The summed E-state index contributed by atoms with van der Waals surface area (Å²) in [6.45, 7) is 0. The molecule has 0 fully saturated rings. The first-order valence-corrected chi connectivity index (χ1v) is 4.58. The molecule has 0 saturated carbocycles. The van der Waals surface area contributed by atoms with Crippen LogP contribution in [0, 0.1) is 0 Å². The van der Waals surface area contributed by atoms with E-state index in [1.165, 1.54) is 0 Å². The van der Waals surface area contributed by atoms with Crippen LogP contribution in [-0.4, -0.2) is 10.2 Å².